The molecule has 1 aliphatic heterocycles. The van der Waals surface area contributed by atoms with Crippen LogP contribution in [0.2, 0.25) is 0 Å². The molecule has 4 atom stereocenters. The Morgan fingerprint density at radius 2 is 2.07 bits per heavy atom. The van der Waals surface area contributed by atoms with E-state index in [9.17, 15) is 19.4 Å². The van der Waals surface area contributed by atoms with E-state index in [4.69, 9.17) is 4.74 Å². The van der Waals surface area contributed by atoms with Crippen molar-refractivity contribution in [2.45, 2.75) is 24.5 Å². The molecule has 1 aromatic carbocycles. The summed E-state index contributed by atoms with van der Waals surface area (Å²) in [5, 5.41) is 25.8. The Morgan fingerprint density at radius 1 is 1.25 bits per heavy atom. The molecule has 146 valence electrons. The van der Waals surface area contributed by atoms with Crippen molar-refractivity contribution < 1.29 is 24.1 Å². The normalized spacial score (nSPS) is 24.4. The van der Waals surface area contributed by atoms with Crippen molar-refractivity contribution in [2.75, 3.05) is 12.4 Å². The highest BCUT2D eigenvalue weighted by Crippen LogP contribution is 2.32. The highest BCUT2D eigenvalue weighted by Gasteiger charge is 2.47. The fourth-order valence-corrected chi connectivity index (χ4v) is 3.08. The van der Waals surface area contributed by atoms with E-state index in [-0.39, 0.29) is 0 Å². The Hall–Kier alpha value is -3.15. The van der Waals surface area contributed by atoms with E-state index in [1.165, 1.54) is 36.4 Å². The monoisotopic (exact) mass is 388 g/mol. The van der Waals surface area contributed by atoms with E-state index in [1.54, 1.807) is 12.1 Å². The summed E-state index contributed by atoms with van der Waals surface area (Å²) in [4.78, 5) is 24.4. The van der Waals surface area contributed by atoms with Gasteiger partial charge in [-0.25, -0.2) is 19.3 Å². The maximum Gasteiger partial charge on any atom is 0.251 e. The first-order valence-corrected chi connectivity index (χ1v) is 8.43. The molecule has 0 bridgehead atoms. The van der Waals surface area contributed by atoms with Crippen LogP contribution >= 0.6 is 0 Å². The molecule has 0 saturated carbocycles. The third-order valence-electron chi connectivity index (χ3n) is 4.46. The molecular formula is C17H17FN6O4. The first-order valence-electron chi connectivity index (χ1n) is 8.43. The summed E-state index contributed by atoms with van der Waals surface area (Å²) in [5.41, 5.74) is 1.13. The summed E-state index contributed by atoms with van der Waals surface area (Å²) in [6.45, 7) is 0. The number of imidazole rings is 1. The third kappa shape index (κ3) is 3.05. The van der Waals surface area contributed by atoms with Crippen molar-refractivity contribution in [3.63, 3.8) is 0 Å². The van der Waals surface area contributed by atoms with Crippen LogP contribution in [-0.4, -0.2) is 61.0 Å². The lowest BCUT2D eigenvalue weighted by Gasteiger charge is -2.16. The number of rotatable bonds is 4. The Morgan fingerprint density at radius 3 is 2.82 bits per heavy atom. The highest BCUT2D eigenvalue weighted by molar-refractivity contribution is 5.85. The largest absolute Gasteiger partial charge is 0.387 e. The van der Waals surface area contributed by atoms with Gasteiger partial charge in [0, 0.05) is 12.7 Å². The molecule has 3 heterocycles. The number of aliphatic hydroxyl groups excluding tert-OH is 2. The minimum atomic E-state index is -1.41. The molecule has 10 nitrogen and oxygen atoms in total. The summed E-state index contributed by atoms with van der Waals surface area (Å²) >= 11 is 0. The summed E-state index contributed by atoms with van der Waals surface area (Å²) in [6.07, 6.45) is -2.43. The number of amides is 1. The van der Waals surface area contributed by atoms with Gasteiger partial charge in [0.15, 0.2) is 29.3 Å². The lowest BCUT2D eigenvalue weighted by Crippen LogP contribution is -2.41. The molecule has 1 fully saturated rings. The summed E-state index contributed by atoms with van der Waals surface area (Å²) in [7, 11) is 1.41. The summed E-state index contributed by atoms with van der Waals surface area (Å²) in [5.74, 6) is -0.635. The number of carbonyl (C=O) groups is 1. The van der Waals surface area contributed by atoms with Gasteiger partial charge in [0.2, 0.25) is 0 Å². The second kappa shape index (κ2) is 7.11. The van der Waals surface area contributed by atoms with Gasteiger partial charge in [0.05, 0.1) is 6.33 Å². The number of aliphatic hydroxyl groups is 2. The van der Waals surface area contributed by atoms with Gasteiger partial charge in [-0.15, -0.1) is 0 Å². The molecule has 0 aliphatic carbocycles. The maximum absolute atomic E-state index is 13.4. The van der Waals surface area contributed by atoms with Crippen LogP contribution in [0.4, 0.5) is 15.9 Å². The number of hydrogen-bond donors (Lipinski definition) is 4. The SMILES string of the molecule is CNC(=O)[C@H]1O[C@@H](n2cnc3c(Nc4cccc(F)c4)ncnc32)[C@H](O)[C@@H]1O. The van der Waals surface area contributed by atoms with E-state index in [0.29, 0.717) is 22.7 Å². The Labute approximate surface area is 158 Å². The Bertz CT molecular complexity index is 1030. The molecule has 0 unspecified atom stereocenters. The van der Waals surface area contributed by atoms with Crippen molar-refractivity contribution in [3.8, 4) is 0 Å². The van der Waals surface area contributed by atoms with Gasteiger partial charge >= 0.3 is 0 Å². The van der Waals surface area contributed by atoms with E-state index < -0.39 is 36.3 Å². The minimum Gasteiger partial charge on any atom is -0.387 e. The van der Waals surface area contributed by atoms with Gasteiger partial charge in [0.25, 0.3) is 5.91 Å². The van der Waals surface area contributed by atoms with E-state index in [1.807, 2.05) is 0 Å². The third-order valence-corrected chi connectivity index (χ3v) is 4.46. The molecule has 4 N–H and O–H groups in total. The van der Waals surface area contributed by atoms with Crippen molar-refractivity contribution in [2.24, 2.45) is 0 Å². The number of hydrogen-bond acceptors (Lipinski definition) is 8. The van der Waals surface area contributed by atoms with Crippen LogP contribution in [0.5, 0.6) is 0 Å². The minimum absolute atomic E-state index is 0.308. The number of benzene rings is 1. The van der Waals surface area contributed by atoms with Crippen molar-refractivity contribution in [3.05, 3.63) is 42.7 Å². The van der Waals surface area contributed by atoms with Gasteiger partial charge in [-0.05, 0) is 18.2 Å². The van der Waals surface area contributed by atoms with Gasteiger partial charge < -0.3 is 25.6 Å². The molecule has 1 aliphatic rings. The van der Waals surface area contributed by atoms with Crippen LogP contribution in [0.3, 0.4) is 0 Å². The lowest BCUT2D eigenvalue weighted by atomic mass is 10.1. The zero-order valence-corrected chi connectivity index (χ0v) is 14.7. The van der Waals surface area contributed by atoms with Gasteiger partial charge in [-0.3, -0.25) is 9.36 Å². The average Bonchev–Trinajstić information content (AvgIpc) is 3.24. The van der Waals surface area contributed by atoms with Crippen LogP contribution in [0.1, 0.15) is 6.23 Å². The molecule has 1 amide bonds. The maximum atomic E-state index is 13.4. The van der Waals surface area contributed by atoms with E-state index in [0.717, 1.165) is 0 Å². The molecule has 2 aromatic heterocycles. The van der Waals surface area contributed by atoms with E-state index in [2.05, 4.69) is 25.6 Å². The van der Waals surface area contributed by atoms with Gasteiger partial charge in [-0.1, -0.05) is 6.07 Å². The average molecular weight is 388 g/mol. The van der Waals surface area contributed by atoms with Gasteiger partial charge in [0.1, 0.15) is 24.4 Å². The Kier molecular flexibility index (Phi) is 4.63. The van der Waals surface area contributed by atoms with Crippen molar-refractivity contribution in [1.29, 1.82) is 0 Å². The van der Waals surface area contributed by atoms with Crippen LogP contribution < -0.4 is 10.6 Å². The van der Waals surface area contributed by atoms with Crippen LogP contribution in [0.25, 0.3) is 11.2 Å². The molecule has 0 spiro atoms. The van der Waals surface area contributed by atoms with Crippen LogP contribution in [0.15, 0.2) is 36.9 Å². The zero-order valence-electron chi connectivity index (χ0n) is 14.7. The number of fused-ring (bicyclic) bond motifs is 1. The number of anilines is 2. The van der Waals surface area contributed by atoms with Crippen LogP contribution in [0, 0.1) is 5.82 Å². The molecule has 3 aromatic rings. The van der Waals surface area contributed by atoms with E-state index >= 15 is 0 Å². The molecule has 0 radical (unpaired) electrons. The zero-order chi connectivity index (χ0) is 19.8. The predicted molar refractivity (Wildman–Crippen MR) is 95.0 cm³/mol. The number of likely N-dealkylation sites (N-methyl/N-ethyl adjacent to an activating group) is 1. The molecule has 28 heavy (non-hydrogen) atoms. The smallest absolute Gasteiger partial charge is 0.251 e. The summed E-state index contributed by atoms with van der Waals surface area (Å²) < 4.78 is 20.4. The topological polar surface area (TPSA) is 134 Å². The molecule has 4 rings (SSSR count). The second-order valence-corrected chi connectivity index (χ2v) is 6.22. The standard InChI is InChI=1S/C17H17FN6O4/c1-19-16(27)13-11(25)12(26)17(28-13)24-7-22-10-14(20-6-21-15(10)24)23-9-4-2-3-8(18)5-9/h2-7,11-13,17,25-26H,1H3,(H,19,27)(H,20,21,23)/t11-,12+,13-,17+/m0/s1. The first-order chi connectivity index (χ1) is 13.5. The fraction of sp³-hybridized carbons (Fsp3) is 0.294. The summed E-state index contributed by atoms with van der Waals surface area (Å²) in [6, 6.07) is 5.85. The quantitative estimate of drug-likeness (QED) is 0.493. The number of ether oxygens (including phenoxy) is 1. The Balaban J connectivity index is 1.68. The molecule has 1 saturated heterocycles. The number of nitrogens with one attached hydrogen (secondary N) is 2. The lowest BCUT2D eigenvalue weighted by molar-refractivity contribution is -0.137. The first kappa shape index (κ1) is 18.2. The molecular weight excluding hydrogens is 371 g/mol. The van der Waals surface area contributed by atoms with Crippen molar-refractivity contribution >= 4 is 28.6 Å². The number of aromatic nitrogens is 4. The van der Waals surface area contributed by atoms with Gasteiger partial charge in [-0.2, -0.15) is 0 Å². The molecule has 11 heteroatoms. The number of nitrogens with zero attached hydrogens (tertiary/aromatic N) is 4. The second-order valence-electron chi connectivity index (χ2n) is 6.22. The number of carbonyl (C=O) groups excluding carboxylic acids is 1. The number of halogens is 1. The fourth-order valence-electron chi connectivity index (χ4n) is 3.08. The predicted octanol–water partition coefficient (Wildman–Crippen LogP) is 0.0742. The van der Waals surface area contributed by atoms with Crippen molar-refractivity contribution in [1.82, 2.24) is 24.8 Å². The van der Waals surface area contributed by atoms with Crippen LogP contribution in [-0.2, 0) is 9.53 Å². The highest BCUT2D eigenvalue weighted by atomic mass is 19.1.